The Morgan fingerprint density at radius 1 is 1.37 bits per heavy atom. The predicted octanol–water partition coefficient (Wildman–Crippen LogP) is 1.03. The maximum absolute atomic E-state index is 12.0. The van der Waals surface area contributed by atoms with Crippen molar-refractivity contribution in [2.24, 2.45) is 0 Å². The van der Waals surface area contributed by atoms with E-state index in [1.165, 1.54) is 0 Å². The van der Waals surface area contributed by atoms with Crippen LogP contribution < -0.4 is 4.72 Å². The van der Waals surface area contributed by atoms with Crippen LogP contribution in [0.1, 0.15) is 24.1 Å². The molecule has 0 aliphatic rings. The Hall–Kier alpha value is -1.73. The number of hydrogen-bond donors (Lipinski definition) is 2. The molecule has 0 aliphatic carbocycles. The number of nitrogens with one attached hydrogen (secondary N) is 2. The Morgan fingerprint density at radius 2 is 2.11 bits per heavy atom. The smallest absolute Gasteiger partial charge is 0.212 e. The number of aryl methyl sites for hydroxylation is 1. The number of rotatable bonds is 6. The lowest BCUT2D eigenvalue weighted by molar-refractivity contribution is 0.566. The summed E-state index contributed by atoms with van der Waals surface area (Å²) in [7, 11) is -3.32. The van der Waals surface area contributed by atoms with Crippen molar-refractivity contribution in [1.29, 1.82) is 0 Å². The number of hydrogen-bond acceptors (Lipinski definition) is 4. The predicted molar refractivity (Wildman–Crippen MR) is 71.9 cm³/mol. The Kier molecular flexibility index (Phi) is 4.28. The summed E-state index contributed by atoms with van der Waals surface area (Å²) in [4.78, 5) is 3.90. The zero-order valence-corrected chi connectivity index (χ0v) is 11.4. The van der Waals surface area contributed by atoms with E-state index in [1.54, 1.807) is 31.7 Å². The second-order valence-corrected chi connectivity index (χ2v) is 6.17. The largest absolute Gasteiger partial charge is 0.285 e. The van der Waals surface area contributed by atoms with E-state index in [2.05, 4.69) is 19.9 Å². The van der Waals surface area contributed by atoms with Crippen LogP contribution in [0.25, 0.3) is 0 Å². The standard InChI is InChI=1S/C12H16N4O2S/c1-10(12-8-14-15-9-12)16-19(17,18)7-4-11-2-5-13-6-3-11/h2-3,5-6,8-10,16H,4,7H2,1H3,(H,14,15). The molecule has 0 fully saturated rings. The van der Waals surface area contributed by atoms with Crippen LogP contribution in [0, 0.1) is 0 Å². The molecule has 0 aliphatic heterocycles. The van der Waals surface area contributed by atoms with Crippen molar-refractivity contribution in [2.45, 2.75) is 19.4 Å². The fraction of sp³-hybridized carbons (Fsp3) is 0.333. The van der Waals surface area contributed by atoms with Crippen LogP contribution in [-0.4, -0.2) is 29.4 Å². The SMILES string of the molecule is CC(NS(=O)(=O)CCc1ccncc1)c1cn[nH]c1. The number of sulfonamides is 1. The van der Waals surface area contributed by atoms with Crippen LogP contribution in [0.5, 0.6) is 0 Å². The normalized spacial score (nSPS) is 13.3. The summed E-state index contributed by atoms with van der Waals surface area (Å²) in [6.45, 7) is 1.79. The molecule has 1 atom stereocenters. The zero-order chi connectivity index (χ0) is 13.7. The molecule has 6 nitrogen and oxygen atoms in total. The fourth-order valence-electron chi connectivity index (χ4n) is 1.70. The summed E-state index contributed by atoms with van der Waals surface area (Å²) >= 11 is 0. The van der Waals surface area contributed by atoms with Gasteiger partial charge in [0.2, 0.25) is 10.0 Å². The molecule has 102 valence electrons. The number of aromatic nitrogens is 3. The summed E-state index contributed by atoms with van der Waals surface area (Å²) in [6, 6.07) is 3.34. The quantitative estimate of drug-likeness (QED) is 0.827. The third-order valence-corrected chi connectivity index (χ3v) is 4.24. The van der Waals surface area contributed by atoms with Gasteiger partial charge in [-0.3, -0.25) is 10.1 Å². The molecule has 0 radical (unpaired) electrons. The van der Waals surface area contributed by atoms with Gasteiger partial charge >= 0.3 is 0 Å². The molecular formula is C12H16N4O2S. The van der Waals surface area contributed by atoms with Crippen molar-refractivity contribution in [3.8, 4) is 0 Å². The molecular weight excluding hydrogens is 264 g/mol. The average molecular weight is 280 g/mol. The highest BCUT2D eigenvalue weighted by molar-refractivity contribution is 7.89. The van der Waals surface area contributed by atoms with Crippen molar-refractivity contribution in [1.82, 2.24) is 19.9 Å². The van der Waals surface area contributed by atoms with E-state index in [9.17, 15) is 8.42 Å². The summed E-state index contributed by atoms with van der Waals surface area (Å²) in [5.74, 6) is 0.0548. The molecule has 0 amide bonds. The maximum atomic E-state index is 12.0. The third-order valence-electron chi connectivity index (χ3n) is 2.78. The van der Waals surface area contributed by atoms with Gasteiger partial charge < -0.3 is 0 Å². The van der Waals surface area contributed by atoms with Crippen molar-refractivity contribution >= 4 is 10.0 Å². The highest BCUT2D eigenvalue weighted by Crippen LogP contribution is 2.11. The van der Waals surface area contributed by atoms with Gasteiger partial charge in [0.25, 0.3) is 0 Å². The second kappa shape index (κ2) is 5.94. The van der Waals surface area contributed by atoms with Crippen LogP contribution in [0.4, 0.5) is 0 Å². The molecule has 2 aromatic rings. The van der Waals surface area contributed by atoms with Gasteiger partial charge in [-0.15, -0.1) is 0 Å². The number of H-pyrrole nitrogens is 1. The summed E-state index contributed by atoms with van der Waals surface area (Å²) in [5.41, 5.74) is 1.77. The van der Waals surface area contributed by atoms with Gasteiger partial charge in [0.1, 0.15) is 0 Å². The topological polar surface area (TPSA) is 87.7 Å². The van der Waals surface area contributed by atoms with E-state index in [4.69, 9.17) is 0 Å². The Labute approximate surface area is 112 Å². The average Bonchev–Trinajstić information content (AvgIpc) is 2.91. The van der Waals surface area contributed by atoms with Gasteiger partial charge in [0, 0.05) is 30.2 Å². The van der Waals surface area contributed by atoms with Gasteiger partial charge in [-0.1, -0.05) is 0 Å². The van der Waals surface area contributed by atoms with Crippen LogP contribution in [-0.2, 0) is 16.4 Å². The molecule has 0 aromatic carbocycles. The molecule has 19 heavy (non-hydrogen) atoms. The third kappa shape index (κ3) is 4.15. The Morgan fingerprint density at radius 3 is 2.74 bits per heavy atom. The van der Waals surface area contributed by atoms with Gasteiger partial charge in [0.15, 0.2) is 0 Å². The Balaban J connectivity index is 1.92. The van der Waals surface area contributed by atoms with E-state index in [0.717, 1.165) is 11.1 Å². The van der Waals surface area contributed by atoms with Gasteiger partial charge in [-0.2, -0.15) is 5.10 Å². The van der Waals surface area contributed by atoms with Crippen LogP contribution in [0.15, 0.2) is 36.9 Å². The van der Waals surface area contributed by atoms with E-state index in [1.807, 2.05) is 12.1 Å². The Bertz CT molecular complexity index is 596. The summed E-state index contributed by atoms with van der Waals surface area (Å²) in [5, 5.41) is 6.46. The summed E-state index contributed by atoms with van der Waals surface area (Å²) < 4.78 is 26.5. The molecule has 2 heterocycles. The lowest BCUT2D eigenvalue weighted by Crippen LogP contribution is -2.29. The first-order chi connectivity index (χ1) is 9.07. The van der Waals surface area contributed by atoms with E-state index in [-0.39, 0.29) is 11.8 Å². The van der Waals surface area contributed by atoms with E-state index < -0.39 is 10.0 Å². The molecule has 0 bridgehead atoms. The van der Waals surface area contributed by atoms with E-state index in [0.29, 0.717) is 6.42 Å². The van der Waals surface area contributed by atoms with Crippen molar-refractivity contribution in [2.75, 3.05) is 5.75 Å². The first-order valence-corrected chi connectivity index (χ1v) is 7.59. The first kappa shape index (κ1) is 13.7. The molecule has 2 rings (SSSR count). The molecule has 0 saturated carbocycles. The monoisotopic (exact) mass is 280 g/mol. The van der Waals surface area contributed by atoms with Crippen LogP contribution in [0.3, 0.4) is 0 Å². The van der Waals surface area contributed by atoms with Gasteiger partial charge in [0.05, 0.1) is 11.9 Å². The van der Waals surface area contributed by atoms with Crippen molar-refractivity contribution in [3.63, 3.8) is 0 Å². The van der Waals surface area contributed by atoms with Crippen LogP contribution >= 0.6 is 0 Å². The minimum absolute atomic E-state index is 0.0548. The molecule has 1 unspecified atom stereocenters. The highest BCUT2D eigenvalue weighted by Gasteiger charge is 2.16. The van der Waals surface area contributed by atoms with Gasteiger partial charge in [-0.25, -0.2) is 13.1 Å². The molecule has 7 heteroatoms. The molecule has 0 spiro atoms. The first-order valence-electron chi connectivity index (χ1n) is 5.94. The minimum Gasteiger partial charge on any atom is -0.285 e. The highest BCUT2D eigenvalue weighted by atomic mass is 32.2. The number of pyridine rings is 1. The zero-order valence-electron chi connectivity index (χ0n) is 10.6. The lowest BCUT2D eigenvalue weighted by Gasteiger charge is -2.12. The molecule has 2 aromatic heterocycles. The number of nitrogens with zero attached hydrogens (tertiary/aromatic N) is 2. The molecule has 0 saturated heterocycles. The minimum atomic E-state index is -3.32. The molecule has 2 N–H and O–H groups in total. The van der Waals surface area contributed by atoms with Crippen molar-refractivity contribution in [3.05, 3.63) is 48.0 Å². The summed E-state index contributed by atoms with van der Waals surface area (Å²) in [6.07, 6.45) is 7.06. The lowest BCUT2D eigenvalue weighted by atomic mass is 10.2. The second-order valence-electron chi connectivity index (χ2n) is 4.30. The maximum Gasteiger partial charge on any atom is 0.212 e. The number of aromatic amines is 1. The van der Waals surface area contributed by atoms with E-state index >= 15 is 0 Å². The van der Waals surface area contributed by atoms with Crippen LogP contribution in [0.2, 0.25) is 0 Å². The fourth-order valence-corrected chi connectivity index (χ4v) is 2.99. The van der Waals surface area contributed by atoms with Gasteiger partial charge in [-0.05, 0) is 31.0 Å². The van der Waals surface area contributed by atoms with Crippen molar-refractivity contribution < 1.29 is 8.42 Å².